The van der Waals surface area contributed by atoms with Crippen LogP contribution in [0.25, 0.3) is 0 Å². The van der Waals surface area contributed by atoms with Gasteiger partial charge < -0.3 is 29.7 Å². The fraction of sp³-hybridized carbons (Fsp3) is 0.385. The highest BCUT2D eigenvalue weighted by Crippen LogP contribution is 2.18. The predicted octanol–water partition coefficient (Wildman–Crippen LogP) is 3.00. The molecule has 4 rings (SSSR count). The van der Waals surface area contributed by atoms with Crippen LogP contribution in [-0.2, 0) is 13.1 Å². The van der Waals surface area contributed by atoms with Crippen LogP contribution < -0.4 is 19.5 Å². The molecule has 14 heteroatoms. The number of hydrogen-bond acceptors (Lipinski definition) is 10. The number of nitrogens with zero attached hydrogens (tertiary/aromatic N) is 6. The highest BCUT2D eigenvalue weighted by atomic mass is 35.5. The molecule has 3 N–H and O–H groups in total. The minimum atomic E-state index is -0.531. The third-order valence-electron chi connectivity index (χ3n) is 4.98. The summed E-state index contributed by atoms with van der Waals surface area (Å²) in [5, 5.41) is 30.0. The Labute approximate surface area is 246 Å². The number of benzene rings is 2. The van der Waals surface area contributed by atoms with Gasteiger partial charge in [0, 0.05) is 12.6 Å². The van der Waals surface area contributed by atoms with Crippen molar-refractivity contribution in [3.63, 3.8) is 0 Å². The van der Waals surface area contributed by atoms with Crippen molar-refractivity contribution in [2.24, 2.45) is 0 Å². The Morgan fingerprint density at radius 1 is 0.750 bits per heavy atom. The third-order valence-corrected chi connectivity index (χ3v) is 4.98. The zero-order chi connectivity index (χ0) is 27.0. The van der Waals surface area contributed by atoms with Gasteiger partial charge in [-0.2, -0.15) is 10.2 Å². The molecule has 220 valence electrons. The molecule has 0 saturated heterocycles. The van der Waals surface area contributed by atoms with E-state index in [1.165, 1.54) is 12.7 Å². The van der Waals surface area contributed by atoms with Gasteiger partial charge in [-0.05, 0) is 48.5 Å². The maximum Gasteiger partial charge on any atom is 0.137 e. The summed E-state index contributed by atoms with van der Waals surface area (Å²) in [5.41, 5.74) is 0. The monoisotopic (exact) mass is 597 g/mol. The molecule has 4 aromatic rings. The van der Waals surface area contributed by atoms with E-state index in [4.69, 9.17) is 19.3 Å². The second kappa shape index (κ2) is 19.5. The third kappa shape index (κ3) is 14.0. The largest absolute Gasteiger partial charge is 0.508 e. The van der Waals surface area contributed by atoms with Gasteiger partial charge in [0.25, 0.3) is 0 Å². The van der Waals surface area contributed by atoms with E-state index in [2.05, 4.69) is 25.5 Å². The molecule has 1 unspecified atom stereocenters. The summed E-state index contributed by atoms with van der Waals surface area (Å²) < 4.78 is 20.0. The van der Waals surface area contributed by atoms with Crippen molar-refractivity contribution < 1.29 is 24.4 Å². The Bertz CT molecular complexity index is 1130. The highest BCUT2D eigenvalue weighted by Gasteiger charge is 2.06. The first-order valence-electron chi connectivity index (χ1n) is 12.3. The van der Waals surface area contributed by atoms with E-state index < -0.39 is 6.10 Å². The summed E-state index contributed by atoms with van der Waals surface area (Å²) in [6.07, 6.45) is 5.74. The molecular formula is C26H37Cl2N7O5. The second-order valence-electron chi connectivity index (χ2n) is 8.51. The normalized spacial score (nSPS) is 10.9. The molecule has 0 aliphatic rings. The summed E-state index contributed by atoms with van der Waals surface area (Å²) >= 11 is 0. The molecule has 0 radical (unpaired) electrons. The van der Waals surface area contributed by atoms with Gasteiger partial charge in [-0.1, -0.05) is 13.8 Å². The molecular weight excluding hydrogens is 561 g/mol. The van der Waals surface area contributed by atoms with Gasteiger partial charge >= 0.3 is 0 Å². The smallest absolute Gasteiger partial charge is 0.137 e. The van der Waals surface area contributed by atoms with Crippen LogP contribution in [0.3, 0.4) is 0 Å². The lowest BCUT2D eigenvalue weighted by Gasteiger charge is -2.15. The predicted molar refractivity (Wildman–Crippen MR) is 155 cm³/mol. The summed E-state index contributed by atoms with van der Waals surface area (Å²) in [6, 6.07) is 14.3. The second-order valence-corrected chi connectivity index (χ2v) is 8.51. The zero-order valence-electron chi connectivity index (χ0n) is 22.4. The van der Waals surface area contributed by atoms with Crippen molar-refractivity contribution in [3.8, 4) is 23.0 Å². The molecule has 0 saturated carbocycles. The van der Waals surface area contributed by atoms with Gasteiger partial charge in [0.2, 0.25) is 0 Å². The minimum Gasteiger partial charge on any atom is -0.508 e. The van der Waals surface area contributed by atoms with Crippen LogP contribution in [0, 0.1) is 0 Å². The van der Waals surface area contributed by atoms with E-state index in [1.54, 1.807) is 46.3 Å². The molecule has 0 aliphatic carbocycles. The maximum absolute atomic E-state index is 9.80. The van der Waals surface area contributed by atoms with Crippen molar-refractivity contribution >= 4 is 24.8 Å². The Morgan fingerprint density at radius 3 is 1.62 bits per heavy atom. The van der Waals surface area contributed by atoms with Crippen LogP contribution in [0.15, 0.2) is 73.8 Å². The average Bonchev–Trinajstić information content (AvgIpc) is 3.63. The number of aromatic hydroxyl groups is 1. The summed E-state index contributed by atoms with van der Waals surface area (Å²) in [7, 11) is 0. The molecule has 12 nitrogen and oxygen atoms in total. The highest BCUT2D eigenvalue weighted by molar-refractivity contribution is 5.85. The van der Waals surface area contributed by atoms with E-state index in [-0.39, 0.29) is 37.2 Å². The van der Waals surface area contributed by atoms with Crippen LogP contribution >= 0.6 is 24.8 Å². The number of phenols is 1. The van der Waals surface area contributed by atoms with Gasteiger partial charge in [0.1, 0.15) is 74.2 Å². The fourth-order valence-corrected chi connectivity index (χ4v) is 3.01. The Balaban J connectivity index is 0.000000410. The first kappa shape index (κ1) is 34.4. The van der Waals surface area contributed by atoms with Gasteiger partial charge in [0.15, 0.2) is 0 Å². The van der Waals surface area contributed by atoms with Crippen molar-refractivity contribution in [2.45, 2.75) is 39.1 Å². The molecule has 2 aromatic heterocycles. The van der Waals surface area contributed by atoms with E-state index >= 15 is 0 Å². The molecule has 0 bridgehead atoms. The number of phenolic OH excluding ortho intramolecular Hbond substituents is 1. The Kier molecular flexibility index (Phi) is 16.8. The lowest BCUT2D eigenvalue weighted by Crippen LogP contribution is -2.35. The topological polar surface area (TPSA) is 142 Å². The number of nitrogens with one attached hydrogen (secondary N) is 1. The number of halogens is 2. The fourth-order valence-electron chi connectivity index (χ4n) is 3.01. The zero-order valence-corrected chi connectivity index (χ0v) is 24.1. The van der Waals surface area contributed by atoms with Gasteiger partial charge in [-0.25, -0.2) is 19.3 Å². The van der Waals surface area contributed by atoms with E-state index in [0.717, 1.165) is 11.5 Å². The SMILES string of the molecule is CC(C)NCC(O)COc1ccc(OCCn2cncn2)cc1.Cl.Cl.Oc1ccc(OCCn2cncn2)cc1. The van der Waals surface area contributed by atoms with Crippen LogP contribution in [0.2, 0.25) is 0 Å². The van der Waals surface area contributed by atoms with Gasteiger partial charge in [-0.15, -0.1) is 24.8 Å². The number of hydrogen-bond donors (Lipinski definition) is 3. The number of rotatable bonds is 14. The maximum atomic E-state index is 9.80. The standard InChI is InChI=1S/C16H24N4O3.C10H11N3O2.2ClH/c1-13(2)18-9-14(21)10-23-16-5-3-15(4-6-16)22-8-7-20-12-17-11-19-20;14-9-1-3-10(4-2-9)15-6-5-13-8-11-7-12-13;;/h3-6,11-14,18,21H,7-10H2,1-2H3;1-4,7-8,14H,5-6H2;2*1H. The van der Waals surface area contributed by atoms with Crippen molar-refractivity contribution in [3.05, 3.63) is 73.8 Å². The molecule has 40 heavy (non-hydrogen) atoms. The molecule has 0 fully saturated rings. The molecule has 2 heterocycles. The first-order valence-corrected chi connectivity index (χ1v) is 12.3. The number of ether oxygens (including phenoxy) is 3. The van der Waals surface area contributed by atoms with Gasteiger partial charge in [0.05, 0.1) is 13.1 Å². The van der Waals surface area contributed by atoms with E-state index in [1.807, 2.05) is 38.1 Å². The minimum absolute atomic E-state index is 0. The van der Waals surface area contributed by atoms with Crippen LogP contribution in [0.5, 0.6) is 23.0 Å². The average molecular weight is 599 g/mol. The molecule has 1 atom stereocenters. The van der Waals surface area contributed by atoms with Crippen LogP contribution in [-0.4, -0.2) is 78.3 Å². The van der Waals surface area contributed by atoms with Gasteiger partial charge in [-0.3, -0.25) is 0 Å². The Morgan fingerprint density at radius 2 is 1.20 bits per heavy atom. The number of aliphatic hydroxyl groups excluding tert-OH is 1. The van der Waals surface area contributed by atoms with Crippen molar-refractivity contribution in [1.29, 1.82) is 0 Å². The molecule has 0 aliphatic heterocycles. The number of aromatic nitrogens is 6. The molecule has 0 amide bonds. The Hall–Kier alpha value is -3.58. The first-order chi connectivity index (χ1) is 18.5. The summed E-state index contributed by atoms with van der Waals surface area (Å²) in [4.78, 5) is 7.69. The van der Waals surface area contributed by atoms with Crippen LogP contribution in [0.1, 0.15) is 13.8 Å². The summed E-state index contributed by atoms with van der Waals surface area (Å²) in [6.45, 7) is 7.18. The molecule has 2 aromatic carbocycles. The van der Waals surface area contributed by atoms with Crippen LogP contribution in [0.4, 0.5) is 0 Å². The van der Waals surface area contributed by atoms with Crippen molar-refractivity contribution in [1.82, 2.24) is 34.8 Å². The lowest BCUT2D eigenvalue weighted by molar-refractivity contribution is 0.104. The van der Waals surface area contributed by atoms with E-state index in [9.17, 15) is 5.11 Å². The van der Waals surface area contributed by atoms with Crippen molar-refractivity contribution in [2.75, 3.05) is 26.4 Å². The number of aliphatic hydroxyl groups is 1. The van der Waals surface area contributed by atoms with E-state index in [0.29, 0.717) is 44.6 Å². The quantitative estimate of drug-likeness (QED) is 0.198. The summed E-state index contributed by atoms with van der Waals surface area (Å²) in [5.74, 6) is 2.43. The molecule has 0 spiro atoms. The lowest BCUT2D eigenvalue weighted by atomic mass is 10.3.